The first-order chi connectivity index (χ1) is 10.1. The summed E-state index contributed by atoms with van der Waals surface area (Å²) in [7, 11) is 0. The zero-order valence-electron chi connectivity index (χ0n) is 10.7. The third-order valence-electron chi connectivity index (χ3n) is 2.50. The molecule has 0 aliphatic heterocycles. The van der Waals surface area contributed by atoms with E-state index in [9.17, 15) is 9.18 Å². The van der Waals surface area contributed by atoms with Crippen molar-refractivity contribution in [2.75, 3.05) is 11.9 Å². The zero-order chi connectivity index (χ0) is 15.2. The standard InChI is InChI=1S/C15H9FN2O2S/c16-14-4-3-12(6-10(14)8-17)18-15(20)11-7-13(21-9-11)2-1-5-19/h3-4,6-7,9,19H,5H2,(H,18,20). The molecule has 1 aromatic heterocycles. The number of hydrogen-bond donors (Lipinski definition) is 2. The van der Waals surface area contributed by atoms with Gasteiger partial charge in [-0.2, -0.15) is 5.26 Å². The minimum absolute atomic E-state index is 0.132. The van der Waals surface area contributed by atoms with Gasteiger partial charge in [-0.3, -0.25) is 4.79 Å². The quantitative estimate of drug-likeness (QED) is 0.836. The van der Waals surface area contributed by atoms with Crippen molar-refractivity contribution in [3.63, 3.8) is 0 Å². The second-order valence-corrected chi connectivity index (χ2v) is 4.83. The Bertz CT molecular complexity index is 781. The van der Waals surface area contributed by atoms with Crippen LogP contribution in [-0.4, -0.2) is 17.6 Å². The molecule has 2 aromatic rings. The van der Waals surface area contributed by atoms with E-state index in [0.29, 0.717) is 16.1 Å². The molecule has 2 N–H and O–H groups in total. The van der Waals surface area contributed by atoms with Gasteiger partial charge in [-0.1, -0.05) is 11.8 Å². The van der Waals surface area contributed by atoms with Gasteiger partial charge in [0.1, 0.15) is 18.5 Å². The fraction of sp³-hybridized carbons (Fsp3) is 0.0667. The van der Waals surface area contributed by atoms with E-state index in [0.717, 1.165) is 6.07 Å². The number of carbonyl (C=O) groups excluding carboxylic acids is 1. The van der Waals surface area contributed by atoms with Gasteiger partial charge in [0.25, 0.3) is 5.91 Å². The van der Waals surface area contributed by atoms with Gasteiger partial charge in [0.15, 0.2) is 0 Å². The molecule has 0 aliphatic carbocycles. The molecule has 2 rings (SSSR count). The van der Waals surface area contributed by atoms with Crippen LogP contribution in [-0.2, 0) is 0 Å². The van der Waals surface area contributed by atoms with Crippen molar-refractivity contribution in [1.29, 1.82) is 5.26 Å². The molecule has 0 saturated carbocycles. The zero-order valence-corrected chi connectivity index (χ0v) is 11.5. The number of nitriles is 1. The number of amides is 1. The third kappa shape index (κ3) is 3.67. The molecule has 104 valence electrons. The average Bonchev–Trinajstić information content (AvgIpc) is 2.96. The highest BCUT2D eigenvalue weighted by Gasteiger charge is 2.10. The number of carbonyl (C=O) groups is 1. The lowest BCUT2D eigenvalue weighted by molar-refractivity contribution is 0.102. The molecule has 0 saturated heterocycles. The lowest BCUT2D eigenvalue weighted by Gasteiger charge is -2.04. The molecule has 0 atom stereocenters. The van der Waals surface area contributed by atoms with Gasteiger partial charge < -0.3 is 10.4 Å². The SMILES string of the molecule is N#Cc1cc(NC(=O)c2csc(C#CCO)c2)ccc1F. The fourth-order valence-corrected chi connectivity index (χ4v) is 2.29. The molecule has 1 heterocycles. The van der Waals surface area contributed by atoms with Crippen molar-refractivity contribution >= 4 is 22.9 Å². The van der Waals surface area contributed by atoms with Gasteiger partial charge in [-0.15, -0.1) is 11.3 Å². The van der Waals surface area contributed by atoms with Crippen LogP contribution in [0.1, 0.15) is 20.8 Å². The molecule has 4 nitrogen and oxygen atoms in total. The molecule has 0 unspecified atom stereocenters. The van der Waals surface area contributed by atoms with Crippen molar-refractivity contribution in [2.45, 2.75) is 0 Å². The summed E-state index contributed by atoms with van der Waals surface area (Å²) >= 11 is 1.28. The predicted molar refractivity (Wildman–Crippen MR) is 77.4 cm³/mol. The average molecular weight is 300 g/mol. The van der Waals surface area contributed by atoms with Gasteiger partial charge in [0.2, 0.25) is 0 Å². The Balaban J connectivity index is 2.15. The lowest BCUT2D eigenvalue weighted by atomic mass is 10.2. The Labute approximate surface area is 124 Å². The Kier molecular flexibility index (Phi) is 4.68. The first-order valence-corrected chi connectivity index (χ1v) is 6.71. The third-order valence-corrected chi connectivity index (χ3v) is 3.34. The number of aliphatic hydroxyl groups excluding tert-OH is 1. The van der Waals surface area contributed by atoms with Crippen LogP contribution in [0.4, 0.5) is 10.1 Å². The molecule has 1 amide bonds. The van der Waals surface area contributed by atoms with Gasteiger partial charge in [-0.25, -0.2) is 4.39 Å². The van der Waals surface area contributed by atoms with Crippen LogP contribution < -0.4 is 5.32 Å². The van der Waals surface area contributed by atoms with E-state index in [1.165, 1.54) is 23.5 Å². The lowest BCUT2D eigenvalue weighted by Crippen LogP contribution is -2.11. The number of thiophene rings is 1. The molecule has 0 aliphatic rings. The second kappa shape index (κ2) is 6.67. The summed E-state index contributed by atoms with van der Waals surface area (Å²) in [5, 5.41) is 21.6. The molecule has 1 aromatic carbocycles. The highest BCUT2D eigenvalue weighted by Crippen LogP contribution is 2.18. The maximum absolute atomic E-state index is 13.2. The minimum atomic E-state index is -0.632. The van der Waals surface area contributed by atoms with Gasteiger partial charge in [-0.05, 0) is 24.3 Å². The summed E-state index contributed by atoms with van der Waals surface area (Å²) in [5.41, 5.74) is 0.616. The molecule has 0 radical (unpaired) electrons. The van der Waals surface area contributed by atoms with E-state index >= 15 is 0 Å². The summed E-state index contributed by atoms with van der Waals surface area (Å²) in [5.74, 6) is 4.19. The number of hydrogen-bond acceptors (Lipinski definition) is 4. The van der Waals surface area contributed by atoms with E-state index in [4.69, 9.17) is 10.4 Å². The Morgan fingerprint density at radius 1 is 1.43 bits per heavy atom. The normalized spacial score (nSPS) is 9.38. The molecule has 0 fully saturated rings. The summed E-state index contributed by atoms with van der Waals surface area (Å²) in [6, 6.07) is 7.08. The van der Waals surface area contributed by atoms with Gasteiger partial charge in [0.05, 0.1) is 16.0 Å². The van der Waals surface area contributed by atoms with Crippen molar-refractivity contribution in [1.82, 2.24) is 0 Å². The fourth-order valence-electron chi connectivity index (χ4n) is 1.54. The molecule has 21 heavy (non-hydrogen) atoms. The molecule has 0 bridgehead atoms. The highest BCUT2D eigenvalue weighted by atomic mass is 32.1. The van der Waals surface area contributed by atoms with E-state index in [-0.39, 0.29) is 18.1 Å². The van der Waals surface area contributed by atoms with Crippen molar-refractivity contribution in [3.8, 4) is 17.9 Å². The number of anilines is 1. The smallest absolute Gasteiger partial charge is 0.256 e. The Morgan fingerprint density at radius 2 is 2.24 bits per heavy atom. The molecule has 0 spiro atoms. The van der Waals surface area contributed by atoms with Crippen molar-refractivity contribution in [3.05, 3.63) is 51.5 Å². The summed E-state index contributed by atoms with van der Waals surface area (Å²) < 4.78 is 13.2. The number of nitrogens with zero attached hydrogens (tertiary/aromatic N) is 1. The topological polar surface area (TPSA) is 73.1 Å². The van der Waals surface area contributed by atoms with Crippen LogP contribution in [0.3, 0.4) is 0 Å². The molecule has 6 heteroatoms. The Hall–Kier alpha value is -2.67. The van der Waals surface area contributed by atoms with E-state index < -0.39 is 5.82 Å². The number of aliphatic hydroxyl groups is 1. The number of rotatable bonds is 2. The van der Waals surface area contributed by atoms with E-state index in [2.05, 4.69) is 17.2 Å². The van der Waals surface area contributed by atoms with Crippen LogP contribution in [0.25, 0.3) is 0 Å². The minimum Gasteiger partial charge on any atom is -0.384 e. The monoisotopic (exact) mass is 300 g/mol. The Morgan fingerprint density at radius 3 is 2.95 bits per heavy atom. The number of benzene rings is 1. The first-order valence-electron chi connectivity index (χ1n) is 5.83. The second-order valence-electron chi connectivity index (χ2n) is 3.92. The summed E-state index contributed by atoms with van der Waals surface area (Å²) in [4.78, 5) is 12.7. The van der Waals surface area contributed by atoms with E-state index in [1.54, 1.807) is 17.5 Å². The summed E-state index contributed by atoms with van der Waals surface area (Å²) in [6.45, 7) is -0.244. The maximum atomic E-state index is 13.2. The van der Waals surface area contributed by atoms with Crippen LogP contribution in [0.2, 0.25) is 0 Å². The van der Waals surface area contributed by atoms with E-state index in [1.807, 2.05) is 0 Å². The van der Waals surface area contributed by atoms with Crippen LogP contribution >= 0.6 is 11.3 Å². The van der Waals surface area contributed by atoms with Crippen molar-refractivity contribution in [2.24, 2.45) is 0 Å². The maximum Gasteiger partial charge on any atom is 0.256 e. The predicted octanol–water partition coefficient (Wildman–Crippen LogP) is 2.35. The van der Waals surface area contributed by atoms with Crippen LogP contribution in [0.5, 0.6) is 0 Å². The molecular weight excluding hydrogens is 291 g/mol. The highest BCUT2D eigenvalue weighted by molar-refractivity contribution is 7.10. The van der Waals surface area contributed by atoms with Crippen molar-refractivity contribution < 1.29 is 14.3 Å². The first kappa shape index (κ1) is 14.7. The van der Waals surface area contributed by atoms with Gasteiger partial charge in [0, 0.05) is 11.1 Å². The number of halogens is 1. The molecular formula is C15H9FN2O2S. The van der Waals surface area contributed by atoms with Crippen LogP contribution in [0, 0.1) is 29.0 Å². The van der Waals surface area contributed by atoms with Crippen LogP contribution in [0.15, 0.2) is 29.6 Å². The number of nitrogens with one attached hydrogen (secondary N) is 1. The van der Waals surface area contributed by atoms with Gasteiger partial charge >= 0.3 is 0 Å². The summed E-state index contributed by atoms with van der Waals surface area (Å²) in [6.07, 6.45) is 0. The largest absolute Gasteiger partial charge is 0.384 e.